The molecule has 2 N–H and O–H groups in total. The van der Waals surface area contributed by atoms with Gasteiger partial charge in [-0.2, -0.15) is 0 Å². The molecule has 2 rings (SSSR count). The molecule has 0 fully saturated rings. The minimum Gasteiger partial charge on any atom is -0.398 e. The Labute approximate surface area is 115 Å². The van der Waals surface area contributed by atoms with Crippen LogP contribution in [0.25, 0.3) is 10.8 Å². The van der Waals surface area contributed by atoms with Gasteiger partial charge in [0, 0.05) is 12.2 Å². The van der Waals surface area contributed by atoms with Crippen molar-refractivity contribution in [2.24, 2.45) is 0 Å². The molecule has 0 aliphatic carbocycles. The lowest BCUT2D eigenvalue weighted by atomic mass is 10.0. The van der Waals surface area contributed by atoms with Crippen LogP contribution < -0.4 is 5.73 Å². The van der Waals surface area contributed by atoms with Crippen molar-refractivity contribution < 1.29 is 0 Å². The number of nitrogen functional groups attached to an aromatic ring is 1. The molecular formula is C17H22N2. The summed E-state index contributed by atoms with van der Waals surface area (Å²) < 4.78 is 0. The lowest BCUT2D eigenvalue weighted by Gasteiger charge is -2.18. The van der Waals surface area contributed by atoms with E-state index in [4.69, 9.17) is 5.73 Å². The number of hydrogen-bond donors (Lipinski definition) is 1. The summed E-state index contributed by atoms with van der Waals surface area (Å²) in [5.41, 5.74) is 8.24. The van der Waals surface area contributed by atoms with E-state index in [0.717, 1.165) is 31.6 Å². The van der Waals surface area contributed by atoms with Crippen LogP contribution in [0.5, 0.6) is 0 Å². The fraction of sp³-hybridized carbons (Fsp3) is 0.294. The maximum Gasteiger partial charge on any atom is 0.0366 e. The van der Waals surface area contributed by atoms with Crippen molar-refractivity contribution in [1.82, 2.24) is 4.90 Å². The van der Waals surface area contributed by atoms with Gasteiger partial charge in [-0.3, -0.25) is 0 Å². The van der Waals surface area contributed by atoms with Crippen molar-refractivity contribution in [3.63, 3.8) is 0 Å². The molecule has 2 aromatic rings. The molecule has 0 aliphatic rings. The predicted octanol–water partition coefficient (Wildman–Crippen LogP) is 3.82. The van der Waals surface area contributed by atoms with E-state index in [2.05, 4.69) is 48.9 Å². The average Bonchev–Trinajstić information content (AvgIpc) is 2.40. The Balaban J connectivity index is 2.11. The van der Waals surface area contributed by atoms with Crippen molar-refractivity contribution in [3.05, 3.63) is 54.6 Å². The fourth-order valence-corrected chi connectivity index (χ4v) is 2.32. The van der Waals surface area contributed by atoms with Crippen LogP contribution in [0.4, 0.5) is 5.69 Å². The van der Waals surface area contributed by atoms with Gasteiger partial charge in [0.25, 0.3) is 0 Å². The zero-order valence-electron chi connectivity index (χ0n) is 11.6. The quantitative estimate of drug-likeness (QED) is 0.482. The normalized spacial score (nSPS) is 11.1. The maximum absolute atomic E-state index is 6.15. The smallest absolute Gasteiger partial charge is 0.0366 e. The van der Waals surface area contributed by atoms with Crippen molar-refractivity contribution in [1.29, 1.82) is 0 Å². The predicted molar refractivity (Wildman–Crippen MR) is 84.1 cm³/mol. The molecule has 0 atom stereocenters. The van der Waals surface area contributed by atoms with Gasteiger partial charge < -0.3 is 10.6 Å². The standard InChI is InChI=1S/C17H22N2/c1-3-4-7-10-19(2)13-16-11-14-8-5-6-9-15(14)12-17(16)18/h3,5-6,8-9,11-12H,1,4,7,10,13,18H2,2H3. The Bertz CT molecular complexity index is 560. The number of nitrogens with zero attached hydrogens (tertiary/aromatic N) is 1. The van der Waals surface area contributed by atoms with Gasteiger partial charge in [-0.05, 0) is 54.9 Å². The van der Waals surface area contributed by atoms with Gasteiger partial charge in [0.1, 0.15) is 0 Å². The summed E-state index contributed by atoms with van der Waals surface area (Å²) in [6.45, 7) is 5.72. The van der Waals surface area contributed by atoms with Gasteiger partial charge in [-0.1, -0.05) is 30.3 Å². The highest BCUT2D eigenvalue weighted by Crippen LogP contribution is 2.22. The van der Waals surface area contributed by atoms with Gasteiger partial charge in [0.2, 0.25) is 0 Å². The van der Waals surface area contributed by atoms with Gasteiger partial charge >= 0.3 is 0 Å². The van der Waals surface area contributed by atoms with Crippen LogP contribution in [0.15, 0.2) is 49.1 Å². The van der Waals surface area contributed by atoms with E-state index in [-0.39, 0.29) is 0 Å². The van der Waals surface area contributed by atoms with Crippen LogP contribution in [0, 0.1) is 0 Å². The first-order valence-corrected chi connectivity index (χ1v) is 6.77. The SMILES string of the molecule is C=CCCCN(C)Cc1cc2ccccc2cc1N. The summed E-state index contributed by atoms with van der Waals surface area (Å²) in [6, 6.07) is 12.6. The Kier molecular flexibility index (Phi) is 4.58. The number of hydrogen-bond acceptors (Lipinski definition) is 2. The number of fused-ring (bicyclic) bond motifs is 1. The van der Waals surface area contributed by atoms with Crippen LogP contribution in [-0.4, -0.2) is 18.5 Å². The molecule has 0 heterocycles. The molecule has 0 bridgehead atoms. The summed E-state index contributed by atoms with van der Waals surface area (Å²) in [4.78, 5) is 2.31. The van der Waals surface area contributed by atoms with Crippen molar-refractivity contribution in [2.75, 3.05) is 19.3 Å². The Morgan fingerprint density at radius 1 is 1.21 bits per heavy atom. The fourth-order valence-electron chi connectivity index (χ4n) is 2.32. The number of rotatable bonds is 6. The molecule has 0 unspecified atom stereocenters. The van der Waals surface area contributed by atoms with E-state index in [1.54, 1.807) is 0 Å². The second-order valence-corrected chi connectivity index (χ2v) is 5.07. The molecule has 100 valence electrons. The molecule has 0 amide bonds. The first-order valence-electron chi connectivity index (χ1n) is 6.77. The largest absolute Gasteiger partial charge is 0.398 e. The van der Waals surface area contributed by atoms with E-state index < -0.39 is 0 Å². The highest BCUT2D eigenvalue weighted by atomic mass is 15.1. The number of allylic oxidation sites excluding steroid dienone is 1. The minimum absolute atomic E-state index is 0.884. The minimum atomic E-state index is 0.884. The van der Waals surface area contributed by atoms with Crippen LogP contribution >= 0.6 is 0 Å². The molecule has 2 heteroatoms. The summed E-state index contributed by atoms with van der Waals surface area (Å²) in [5, 5.41) is 2.46. The van der Waals surface area contributed by atoms with E-state index in [1.165, 1.54) is 16.3 Å². The van der Waals surface area contributed by atoms with Gasteiger partial charge in [-0.25, -0.2) is 0 Å². The van der Waals surface area contributed by atoms with Gasteiger partial charge in [-0.15, -0.1) is 6.58 Å². The summed E-state index contributed by atoms with van der Waals surface area (Å²) >= 11 is 0. The first-order chi connectivity index (χ1) is 9.20. The molecule has 0 spiro atoms. The Hall–Kier alpha value is -1.80. The molecule has 0 saturated carbocycles. The third-order valence-corrected chi connectivity index (χ3v) is 3.40. The van der Waals surface area contributed by atoms with E-state index in [0.29, 0.717) is 0 Å². The second-order valence-electron chi connectivity index (χ2n) is 5.07. The van der Waals surface area contributed by atoms with E-state index >= 15 is 0 Å². The van der Waals surface area contributed by atoms with Crippen LogP contribution in [0.2, 0.25) is 0 Å². The number of anilines is 1. The Morgan fingerprint density at radius 2 is 1.89 bits per heavy atom. The highest BCUT2D eigenvalue weighted by Gasteiger charge is 2.05. The zero-order valence-corrected chi connectivity index (χ0v) is 11.6. The first kappa shape index (κ1) is 13.6. The lowest BCUT2D eigenvalue weighted by molar-refractivity contribution is 0.324. The van der Waals surface area contributed by atoms with Gasteiger partial charge in [0.05, 0.1) is 0 Å². The highest BCUT2D eigenvalue weighted by molar-refractivity contribution is 5.86. The molecule has 2 nitrogen and oxygen atoms in total. The van der Waals surface area contributed by atoms with Crippen molar-refractivity contribution in [3.8, 4) is 0 Å². The molecule has 0 radical (unpaired) electrons. The number of nitrogens with two attached hydrogens (primary N) is 1. The topological polar surface area (TPSA) is 29.3 Å². The third-order valence-electron chi connectivity index (χ3n) is 3.40. The zero-order chi connectivity index (χ0) is 13.7. The molecule has 0 aromatic heterocycles. The molecular weight excluding hydrogens is 232 g/mol. The third kappa shape index (κ3) is 3.58. The van der Waals surface area contributed by atoms with Gasteiger partial charge in [0.15, 0.2) is 0 Å². The van der Waals surface area contributed by atoms with Crippen LogP contribution in [0.3, 0.4) is 0 Å². The molecule has 0 saturated heterocycles. The van der Waals surface area contributed by atoms with E-state index in [1.807, 2.05) is 12.1 Å². The molecule has 0 aliphatic heterocycles. The van der Waals surface area contributed by atoms with E-state index in [9.17, 15) is 0 Å². The number of unbranched alkanes of at least 4 members (excludes halogenated alkanes) is 1. The average molecular weight is 254 g/mol. The number of benzene rings is 2. The van der Waals surface area contributed by atoms with Crippen LogP contribution in [0.1, 0.15) is 18.4 Å². The van der Waals surface area contributed by atoms with Crippen molar-refractivity contribution in [2.45, 2.75) is 19.4 Å². The lowest BCUT2D eigenvalue weighted by Crippen LogP contribution is -2.19. The summed E-state index contributed by atoms with van der Waals surface area (Å²) in [7, 11) is 2.14. The van der Waals surface area contributed by atoms with Crippen molar-refractivity contribution >= 4 is 16.5 Å². The summed E-state index contributed by atoms with van der Waals surface area (Å²) in [5.74, 6) is 0. The monoisotopic (exact) mass is 254 g/mol. The second kappa shape index (κ2) is 6.39. The Morgan fingerprint density at radius 3 is 2.58 bits per heavy atom. The molecule has 19 heavy (non-hydrogen) atoms. The molecule has 2 aromatic carbocycles. The summed E-state index contributed by atoms with van der Waals surface area (Å²) in [6.07, 6.45) is 4.18. The maximum atomic E-state index is 6.15. The van der Waals surface area contributed by atoms with Crippen LogP contribution in [-0.2, 0) is 6.54 Å².